The molecule has 1 N–H and O–H groups in total. The van der Waals surface area contributed by atoms with Crippen LogP contribution in [-0.2, 0) is 11.0 Å². The molecule has 0 fully saturated rings. The molecule has 1 aliphatic rings. The molecule has 0 saturated carbocycles. The molecule has 1 heteroatoms. The van der Waals surface area contributed by atoms with Crippen LogP contribution in [0.15, 0.2) is 48.5 Å². The number of hydrogen-bond acceptors (Lipinski definition) is 1. The highest BCUT2D eigenvalue weighted by Gasteiger charge is 2.42. The summed E-state index contributed by atoms with van der Waals surface area (Å²) in [5, 5.41) is 10.9. The van der Waals surface area contributed by atoms with E-state index in [-0.39, 0.29) is 5.41 Å². The van der Waals surface area contributed by atoms with Crippen molar-refractivity contribution in [3.63, 3.8) is 0 Å². The predicted molar refractivity (Wildman–Crippen MR) is 96.4 cm³/mol. The molecule has 0 heterocycles. The van der Waals surface area contributed by atoms with Crippen LogP contribution in [0.5, 0.6) is 0 Å². The van der Waals surface area contributed by atoms with Gasteiger partial charge in [-0.15, -0.1) is 0 Å². The summed E-state index contributed by atoms with van der Waals surface area (Å²) in [6.45, 7) is 14.3. The zero-order valence-corrected chi connectivity index (χ0v) is 15.1. The third kappa shape index (κ3) is 2.83. The molecule has 1 nitrogen and oxygen atoms in total. The van der Waals surface area contributed by atoms with E-state index in [9.17, 15) is 5.11 Å². The van der Waals surface area contributed by atoms with Gasteiger partial charge in [0.2, 0.25) is 0 Å². The lowest BCUT2D eigenvalue weighted by atomic mass is 9.64. The molecule has 0 aliphatic heterocycles. The first-order valence-corrected chi connectivity index (χ1v) is 8.38. The minimum absolute atomic E-state index is 0.0601. The zero-order chi connectivity index (χ0) is 17.0. The Morgan fingerprint density at radius 3 is 1.18 bits per heavy atom. The first kappa shape index (κ1) is 18.4. The fraction of sp³-hybridized carbons (Fsp3) is 0.429. The average Bonchev–Trinajstić information content (AvgIpc) is 2.57. The van der Waals surface area contributed by atoms with Gasteiger partial charge in [0.05, 0.1) is 0 Å². The number of fused-ring (bicyclic) bond motifs is 2. The van der Waals surface area contributed by atoms with Crippen molar-refractivity contribution in [1.82, 2.24) is 0 Å². The zero-order valence-electron chi connectivity index (χ0n) is 15.1. The number of aliphatic hydroxyl groups is 1. The minimum Gasteiger partial charge on any atom is -0.381 e. The molecule has 0 aromatic heterocycles. The van der Waals surface area contributed by atoms with Crippen LogP contribution in [0, 0.1) is 0 Å². The largest absolute Gasteiger partial charge is 0.381 e. The van der Waals surface area contributed by atoms with Crippen LogP contribution >= 0.6 is 0 Å². The summed E-state index contributed by atoms with van der Waals surface area (Å²) >= 11 is 0. The molecule has 0 atom stereocenters. The second kappa shape index (κ2) is 7.11. The van der Waals surface area contributed by atoms with Crippen molar-refractivity contribution in [2.45, 2.75) is 59.5 Å². The lowest BCUT2D eigenvalue weighted by Crippen LogP contribution is -2.38. The molecule has 2 aromatic rings. The van der Waals surface area contributed by atoms with Crippen molar-refractivity contribution in [2.75, 3.05) is 0 Å². The summed E-state index contributed by atoms with van der Waals surface area (Å²) in [7, 11) is 0. The smallest absolute Gasteiger partial charge is 0.112 e. The average molecular weight is 298 g/mol. The molecule has 120 valence electrons. The highest BCUT2D eigenvalue weighted by molar-refractivity contribution is 5.56. The van der Waals surface area contributed by atoms with Crippen LogP contribution < -0.4 is 0 Å². The van der Waals surface area contributed by atoms with Crippen molar-refractivity contribution in [3.05, 3.63) is 70.8 Å². The fourth-order valence-electron chi connectivity index (χ4n) is 3.20. The Hall–Kier alpha value is -1.60. The Bertz CT molecular complexity index is 503. The first-order valence-electron chi connectivity index (χ1n) is 8.38. The number of benzene rings is 2. The summed E-state index contributed by atoms with van der Waals surface area (Å²) in [6.07, 6.45) is 0. The van der Waals surface area contributed by atoms with Crippen LogP contribution in [0.4, 0.5) is 0 Å². The Morgan fingerprint density at radius 2 is 0.864 bits per heavy atom. The predicted octanol–water partition coefficient (Wildman–Crippen LogP) is 5.63. The van der Waals surface area contributed by atoms with E-state index >= 15 is 0 Å². The number of rotatable bonds is 0. The van der Waals surface area contributed by atoms with E-state index in [0.717, 1.165) is 11.1 Å². The van der Waals surface area contributed by atoms with Crippen LogP contribution in [0.3, 0.4) is 0 Å². The maximum atomic E-state index is 10.9. The van der Waals surface area contributed by atoms with E-state index in [2.05, 4.69) is 26.0 Å². The summed E-state index contributed by atoms with van der Waals surface area (Å²) < 4.78 is 0. The Kier molecular flexibility index (Phi) is 5.96. The van der Waals surface area contributed by atoms with Crippen LogP contribution in [0.1, 0.15) is 70.7 Å². The summed E-state index contributed by atoms with van der Waals surface area (Å²) in [6, 6.07) is 16.4. The quantitative estimate of drug-likeness (QED) is 0.668. The number of hydrogen-bond donors (Lipinski definition) is 1. The van der Waals surface area contributed by atoms with Gasteiger partial charge in [0, 0.05) is 5.41 Å². The van der Waals surface area contributed by atoms with Gasteiger partial charge in [0.15, 0.2) is 0 Å². The van der Waals surface area contributed by atoms with E-state index < -0.39 is 5.60 Å². The van der Waals surface area contributed by atoms with Crippen molar-refractivity contribution >= 4 is 0 Å². The molecule has 0 unspecified atom stereocenters. The highest BCUT2D eigenvalue weighted by Crippen LogP contribution is 2.48. The molecule has 3 rings (SSSR count). The Morgan fingerprint density at radius 1 is 0.591 bits per heavy atom. The topological polar surface area (TPSA) is 20.2 Å². The van der Waals surface area contributed by atoms with Crippen molar-refractivity contribution < 1.29 is 5.11 Å². The van der Waals surface area contributed by atoms with Gasteiger partial charge < -0.3 is 5.11 Å². The third-order valence-electron chi connectivity index (χ3n) is 4.25. The van der Waals surface area contributed by atoms with Crippen molar-refractivity contribution in [1.29, 1.82) is 0 Å². The summed E-state index contributed by atoms with van der Waals surface area (Å²) in [5.41, 5.74) is 3.52. The van der Waals surface area contributed by atoms with E-state index in [0.29, 0.717) is 0 Å². The summed E-state index contributed by atoms with van der Waals surface area (Å²) in [4.78, 5) is 0. The molecule has 1 aliphatic carbocycles. The van der Waals surface area contributed by atoms with Crippen molar-refractivity contribution in [3.8, 4) is 0 Å². The lowest BCUT2D eigenvalue weighted by Gasteiger charge is -2.42. The van der Waals surface area contributed by atoms with Gasteiger partial charge in [-0.25, -0.2) is 0 Å². The van der Waals surface area contributed by atoms with Crippen LogP contribution in [-0.4, -0.2) is 5.11 Å². The minimum atomic E-state index is -0.900. The van der Waals surface area contributed by atoms with E-state index in [4.69, 9.17) is 0 Å². The molecule has 0 bridgehead atoms. The van der Waals surface area contributed by atoms with Crippen LogP contribution in [0.2, 0.25) is 0 Å². The Balaban J connectivity index is 0.000000561. The standard InChI is InChI=1S/C17H18O.2C2H6/c1-16(2)12-8-4-6-10-14(12)17(3,18)15-11-7-5-9-13(15)16;2*1-2/h4-11,18H,1-3H3;2*1-2H3. The van der Waals surface area contributed by atoms with Crippen LogP contribution in [0.25, 0.3) is 0 Å². The molecule has 22 heavy (non-hydrogen) atoms. The van der Waals surface area contributed by atoms with Gasteiger partial charge in [-0.3, -0.25) is 0 Å². The highest BCUT2D eigenvalue weighted by atomic mass is 16.3. The normalized spacial score (nSPS) is 16.0. The van der Waals surface area contributed by atoms with Gasteiger partial charge in [0.25, 0.3) is 0 Å². The molecule has 0 radical (unpaired) electrons. The molecular weight excluding hydrogens is 268 g/mol. The third-order valence-corrected chi connectivity index (χ3v) is 4.25. The first-order chi connectivity index (χ1) is 10.5. The van der Waals surface area contributed by atoms with Gasteiger partial charge in [0.1, 0.15) is 5.60 Å². The van der Waals surface area contributed by atoms with Gasteiger partial charge in [-0.2, -0.15) is 0 Å². The lowest BCUT2D eigenvalue weighted by molar-refractivity contribution is 0.0939. The second-order valence-corrected chi connectivity index (χ2v) is 5.79. The second-order valence-electron chi connectivity index (χ2n) is 5.79. The SMILES string of the molecule is CC.CC.CC1(C)c2ccccc2C(C)(O)c2ccccc21. The molecular formula is C21H30O. The molecule has 0 amide bonds. The van der Waals surface area contributed by atoms with Crippen molar-refractivity contribution in [2.24, 2.45) is 0 Å². The molecule has 2 aromatic carbocycles. The van der Waals surface area contributed by atoms with Gasteiger partial charge in [-0.05, 0) is 29.2 Å². The van der Waals surface area contributed by atoms with Gasteiger partial charge >= 0.3 is 0 Å². The molecule has 0 saturated heterocycles. The maximum Gasteiger partial charge on any atom is 0.112 e. The molecule has 0 spiro atoms. The van der Waals surface area contributed by atoms with E-state index in [1.54, 1.807) is 0 Å². The maximum absolute atomic E-state index is 10.9. The monoisotopic (exact) mass is 298 g/mol. The Labute approximate surface area is 136 Å². The van der Waals surface area contributed by atoms with E-state index in [1.165, 1.54) is 11.1 Å². The summed E-state index contributed by atoms with van der Waals surface area (Å²) in [5.74, 6) is 0. The van der Waals surface area contributed by atoms with Gasteiger partial charge in [-0.1, -0.05) is 90.1 Å². The fourth-order valence-corrected chi connectivity index (χ4v) is 3.20. The van der Waals surface area contributed by atoms with E-state index in [1.807, 2.05) is 71.0 Å².